The van der Waals surface area contributed by atoms with Gasteiger partial charge in [-0.1, -0.05) is 60.7 Å². The van der Waals surface area contributed by atoms with Gasteiger partial charge in [-0.2, -0.15) is 5.10 Å². The van der Waals surface area contributed by atoms with Gasteiger partial charge < -0.3 is 9.47 Å². The predicted molar refractivity (Wildman–Crippen MR) is 128 cm³/mol. The van der Waals surface area contributed by atoms with Crippen molar-refractivity contribution in [1.29, 1.82) is 0 Å². The molecule has 0 aliphatic heterocycles. The number of benzene rings is 3. The van der Waals surface area contributed by atoms with Crippen molar-refractivity contribution >= 4 is 12.2 Å². The molecule has 0 unspecified atom stereocenters. The van der Waals surface area contributed by atoms with Gasteiger partial charge >= 0.3 is 0 Å². The number of aromatic nitrogens is 2. The molecule has 1 heterocycles. The molecular weight excluding hydrogens is 400 g/mol. The summed E-state index contributed by atoms with van der Waals surface area (Å²) in [5.74, 6) is 1.82. The quantitative estimate of drug-likeness (QED) is 0.298. The lowest BCUT2D eigenvalue weighted by Crippen LogP contribution is -2.13. The highest BCUT2D eigenvalue weighted by atomic mass is 16.5. The van der Waals surface area contributed by atoms with Crippen molar-refractivity contribution in [1.82, 2.24) is 9.97 Å². The summed E-state index contributed by atoms with van der Waals surface area (Å²) in [6.45, 7) is 0. The lowest BCUT2D eigenvalue weighted by atomic mass is 10.1. The summed E-state index contributed by atoms with van der Waals surface area (Å²) in [5.41, 5.74) is 4.58. The number of rotatable bonds is 7. The monoisotopic (exact) mass is 424 g/mol. The van der Waals surface area contributed by atoms with Crippen LogP contribution in [0.25, 0.3) is 22.5 Å². The molecule has 4 rings (SSSR count). The van der Waals surface area contributed by atoms with E-state index in [0.29, 0.717) is 17.4 Å². The molecular formula is C26H24N4O2. The topological polar surface area (TPSA) is 59.8 Å². The number of nitrogens with zero attached hydrogens (tertiary/aromatic N) is 4. The van der Waals surface area contributed by atoms with E-state index in [0.717, 1.165) is 28.1 Å². The van der Waals surface area contributed by atoms with Gasteiger partial charge in [0.2, 0.25) is 5.95 Å². The molecule has 1 aromatic heterocycles. The molecule has 4 aromatic rings. The van der Waals surface area contributed by atoms with Gasteiger partial charge in [0.25, 0.3) is 0 Å². The predicted octanol–water partition coefficient (Wildman–Crippen LogP) is 5.30. The summed E-state index contributed by atoms with van der Waals surface area (Å²) >= 11 is 0. The second-order valence-electron chi connectivity index (χ2n) is 7.05. The van der Waals surface area contributed by atoms with Crippen LogP contribution in [-0.2, 0) is 0 Å². The normalized spacial score (nSPS) is 10.8. The molecule has 0 aliphatic rings. The zero-order chi connectivity index (χ0) is 22.3. The lowest BCUT2D eigenvalue weighted by molar-refractivity contribution is 0.355. The van der Waals surface area contributed by atoms with Crippen molar-refractivity contribution in [2.75, 3.05) is 26.3 Å². The Labute approximate surface area is 187 Å². The molecule has 0 saturated carbocycles. The van der Waals surface area contributed by atoms with Crippen LogP contribution in [-0.4, -0.2) is 37.4 Å². The van der Waals surface area contributed by atoms with Crippen molar-refractivity contribution in [3.05, 3.63) is 90.5 Å². The molecule has 0 saturated heterocycles. The molecule has 0 N–H and O–H groups in total. The first-order valence-electron chi connectivity index (χ1n) is 10.2. The number of anilines is 1. The fourth-order valence-corrected chi connectivity index (χ4v) is 3.23. The Morgan fingerprint density at radius 2 is 1.28 bits per heavy atom. The maximum atomic E-state index is 5.37. The third-order valence-electron chi connectivity index (χ3n) is 4.93. The second-order valence-corrected chi connectivity index (χ2v) is 7.05. The fourth-order valence-electron chi connectivity index (χ4n) is 3.23. The average Bonchev–Trinajstić information content (AvgIpc) is 2.87. The van der Waals surface area contributed by atoms with Crippen LogP contribution in [0.1, 0.15) is 5.56 Å². The SMILES string of the molecule is COc1ccc(/C=N/N(C)c2nc(-c3ccccc3)cc(-c3ccccc3)n2)cc1OC. The minimum atomic E-state index is 0.502. The lowest BCUT2D eigenvalue weighted by Gasteiger charge is -2.14. The smallest absolute Gasteiger partial charge is 0.247 e. The van der Waals surface area contributed by atoms with Gasteiger partial charge in [-0.3, -0.25) is 0 Å². The van der Waals surface area contributed by atoms with Gasteiger partial charge in [0.15, 0.2) is 11.5 Å². The zero-order valence-electron chi connectivity index (χ0n) is 18.3. The van der Waals surface area contributed by atoms with Gasteiger partial charge in [-0.25, -0.2) is 15.0 Å². The largest absolute Gasteiger partial charge is 0.493 e. The summed E-state index contributed by atoms with van der Waals surface area (Å²) in [4.78, 5) is 9.52. The Balaban J connectivity index is 1.69. The van der Waals surface area contributed by atoms with E-state index in [2.05, 4.69) is 5.10 Å². The van der Waals surface area contributed by atoms with E-state index >= 15 is 0 Å². The summed E-state index contributed by atoms with van der Waals surface area (Å²) in [6.07, 6.45) is 1.74. The molecule has 0 spiro atoms. The molecule has 3 aromatic carbocycles. The first-order chi connectivity index (χ1) is 15.7. The number of ether oxygens (including phenoxy) is 2. The van der Waals surface area contributed by atoms with E-state index in [-0.39, 0.29) is 0 Å². The highest BCUT2D eigenvalue weighted by Gasteiger charge is 2.11. The first kappa shape index (κ1) is 21.1. The average molecular weight is 425 g/mol. The van der Waals surface area contributed by atoms with Crippen LogP contribution in [0.2, 0.25) is 0 Å². The minimum Gasteiger partial charge on any atom is -0.493 e. The molecule has 0 atom stereocenters. The molecule has 6 heteroatoms. The van der Waals surface area contributed by atoms with E-state index in [1.807, 2.05) is 92.0 Å². The van der Waals surface area contributed by atoms with Crippen LogP contribution in [0.5, 0.6) is 11.5 Å². The summed E-state index contributed by atoms with van der Waals surface area (Å²) in [7, 11) is 5.05. The number of hydrazone groups is 1. The van der Waals surface area contributed by atoms with Crippen LogP contribution >= 0.6 is 0 Å². The van der Waals surface area contributed by atoms with E-state index in [4.69, 9.17) is 19.4 Å². The Morgan fingerprint density at radius 3 is 1.81 bits per heavy atom. The molecule has 0 amide bonds. The molecule has 160 valence electrons. The third kappa shape index (κ3) is 4.75. The van der Waals surface area contributed by atoms with Crippen molar-refractivity contribution in [3.8, 4) is 34.0 Å². The molecule has 0 radical (unpaired) electrons. The van der Waals surface area contributed by atoms with Crippen molar-refractivity contribution in [3.63, 3.8) is 0 Å². The number of methoxy groups -OCH3 is 2. The van der Waals surface area contributed by atoms with Crippen molar-refractivity contribution in [2.24, 2.45) is 5.10 Å². The zero-order valence-corrected chi connectivity index (χ0v) is 18.3. The van der Waals surface area contributed by atoms with Crippen LogP contribution in [0.3, 0.4) is 0 Å². The minimum absolute atomic E-state index is 0.502. The summed E-state index contributed by atoms with van der Waals surface area (Å²) in [6, 6.07) is 27.7. The third-order valence-corrected chi connectivity index (χ3v) is 4.93. The Morgan fingerprint density at radius 1 is 0.719 bits per heavy atom. The highest BCUT2D eigenvalue weighted by molar-refractivity contribution is 5.81. The second kappa shape index (κ2) is 9.75. The van der Waals surface area contributed by atoms with Gasteiger partial charge in [-0.05, 0) is 29.8 Å². The van der Waals surface area contributed by atoms with Crippen LogP contribution < -0.4 is 14.5 Å². The van der Waals surface area contributed by atoms with Gasteiger partial charge in [0.1, 0.15) is 0 Å². The van der Waals surface area contributed by atoms with Gasteiger partial charge in [0.05, 0.1) is 31.8 Å². The standard InChI is InChI=1S/C26H24N4O2/c1-30(27-18-19-14-15-24(31-2)25(16-19)32-3)26-28-22(20-10-6-4-7-11-20)17-23(29-26)21-12-8-5-9-13-21/h4-18H,1-3H3/b27-18+. The van der Waals surface area contributed by atoms with Gasteiger partial charge in [-0.15, -0.1) is 0 Å². The van der Waals surface area contributed by atoms with E-state index in [9.17, 15) is 0 Å². The Bertz CT molecular complexity index is 1150. The van der Waals surface area contributed by atoms with Gasteiger partial charge in [0, 0.05) is 18.2 Å². The van der Waals surface area contributed by atoms with Crippen LogP contribution in [0.4, 0.5) is 5.95 Å². The van der Waals surface area contributed by atoms with E-state index < -0.39 is 0 Å². The molecule has 0 aliphatic carbocycles. The molecule has 32 heavy (non-hydrogen) atoms. The number of hydrogen-bond acceptors (Lipinski definition) is 6. The molecule has 6 nitrogen and oxygen atoms in total. The Hall–Kier alpha value is -4.19. The summed E-state index contributed by atoms with van der Waals surface area (Å²) in [5, 5.41) is 6.21. The van der Waals surface area contributed by atoms with Crippen LogP contribution in [0.15, 0.2) is 90.0 Å². The number of hydrogen-bond donors (Lipinski definition) is 0. The van der Waals surface area contributed by atoms with Crippen molar-refractivity contribution in [2.45, 2.75) is 0 Å². The molecule has 0 bridgehead atoms. The van der Waals surface area contributed by atoms with Crippen LogP contribution in [0, 0.1) is 0 Å². The van der Waals surface area contributed by atoms with Crippen molar-refractivity contribution < 1.29 is 9.47 Å². The Kier molecular flexibility index (Phi) is 6.41. The molecule has 0 fully saturated rings. The fraction of sp³-hybridized carbons (Fsp3) is 0.115. The van der Waals surface area contributed by atoms with E-state index in [1.54, 1.807) is 25.4 Å². The highest BCUT2D eigenvalue weighted by Crippen LogP contribution is 2.28. The van der Waals surface area contributed by atoms with E-state index in [1.165, 1.54) is 0 Å². The maximum Gasteiger partial charge on any atom is 0.247 e. The maximum absolute atomic E-state index is 5.37. The summed E-state index contributed by atoms with van der Waals surface area (Å²) < 4.78 is 10.7. The first-order valence-corrected chi connectivity index (χ1v) is 10.2.